The number of hydrogen-bond acceptors (Lipinski definition) is 4. The van der Waals surface area contributed by atoms with Crippen LogP contribution in [0.3, 0.4) is 0 Å². The van der Waals surface area contributed by atoms with Gasteiger partial charge in [0.2, 0.25) is 10.0 Å². The van der Waals surface area contributed by atoms with E-state index in [9.17, 15) is 22.4 Å². The molecule has 1 heterocycles. The molecule has 0 fully saturated rings. The predicted octanol–water partition coefficient (Wildman–Crippen LogP) is 0.434. The third-order valence-electron chi connectivity index (χ3n) is 3.63. The normalized spacial score (nSPS) is 11.9. The number of rotatable bonds is 5. The van der Waals surface area contributed by atoms with Crippen LogP contribution in [-0.4, -0.2) is 28.4 Å². The Bertz CT molecular complexity index is 979. The Morgan fingerprint density at radius 3 is 2.46 bits per heavy atom. The monoisotopic (exact) mass is 355 g/mol. The summed E-state index contributed by atoms with van der Waals surface area (Å²) < 4.78 is 41.7. The zero-order valence-corrected chi connectivity index (χ0v) is 14.4. The Hall–Kier alpha value is -2.26. The highest BCUT2D eigenvalue weighted by Gasteiger charge is 2.28. The molecule has 0 aliphatic carbocycles. The number of halogens is 1. The van der Waals surface area contributed by atoms with Crippen LogP contribution in [0.1, 0.15) is 12.5 Å². The van der Waals surface area contributed by atoms with Gasteiger partial charge in [0, 0.05) is 33.4 Å². The molecular weight excluding hydrogens is 337 g/mol. The molecule has 0 aliphatic heterocycles. The number of sulfonamides is 1. The summed E-state index contributed by atoms with van der Waals surface area (Å²) in [5.74, 6) is -0.473. The molecule has 1 aromatic heterocycles. The molecule has 0 atom stereocenters. The third kappa shape index (κ3) is 3.31. The maximum atomic E-state index is 13.3. The van der Waals surface area contributed by atoms with Crippen molar-refractivity contribution in [3.05, 3.63) is 62.7 Å². The zero-order chi connectivity index (χ0) is 18.1. The first kappa shape index (κ1) is 18.1. The van der Waals surface area contributed by atoms with Crippen LogP contribution in [0.25, 0.3) is 0 Å². The maximum Gasteiger partial charge on any atom is 0.330 e. The second-order valence-electron chi connectivity index (χ2n) is 5.31. The van der Waals surface area contributed by atoms with Crippen LogP contribution in [-0.2, 0) is 30.7 Å². The van der Waals surface area contributed by atoms with Crippen LogP contribution in [0, 0.1) is 5.82 Å². The van der Waals surface area contributed by atoms with E-state index in [4.69, 9.17) is 0 Å². The highest BCUT2D eigenvalue weighted by atomic mass is 32.2. The molecule has 130 valence electrons. The van der Waals surface area contributed by atoms with Gasteiger partial charge in [0.05, 0.1) is 0 Å². The smallest absolute Gasteiger partial charge is 0.302 e. The standard InChI is InChI=1S/C15H18FN3O4S/c1-4-19(9-11-6-5-7-12(16)8-11)24(22,23)13-10-17(2)15(21)18(3)14(13)20/h5-8,10H,4,9H2,1-3H3. The lowest BCUT2D eigenvalue weighted by Gasteiger charge is -2.20. The fourth-order valence-corrected chi connectivity index (χ4v) is 3.88. The van der Waals surface area contributed by atoms with Gasteiger partial charge in [-0.3, -0.25) is 9.36 Å². The predicted molar refractivity (Wildman–Crippen MR) is 86.6 cm³/mol. The first-order valence-electron chi connectivity index (χ1n) is 7.19. The Labute approximate surface area is 138 Å². The molecule has 9 heteroatoms. The summed E-state index contributed by atoms with van der Waals surface area (Å²) >= 11 is 0. The molecule has 0 saturated heterocycles. The van der Waals surface area contributed by atoms with Gasteiger partial charge in [-0.2, -0.15) is 4.31 Å². The average Bonchev–Trinajstić information content (AvgIpc) is 2.53. The Morgan fingerprint density at radius 1 is 1.21 bits per heavy atom. The highest BCUT2D eigenvalue weighted by Crippen LogP contribution is 2.15. The molecular formula is C15H18FN3O4S. The Balaban J connectivity index is 2.52. The van der Waals surface area contributed by atoms with Crippen molar-refractivity contribution < 1.29 is 12.8 Å². The molecule has 0 spiro atoms. The molecule has 0 unspecified atom stereocenters. The van der Waals surface area contributed by atoms with Gasteiger partial charge in [-0.15, -0.1) is 0 Å². The van der Waals surface area contributed by atoms with Crippen molar-refractivity contribution in [2.24, 2.45) is 14.1 Å². The van der Waals surface area contributed by atoms with Gasteiger partial charge < -0.3 is 4.57 Å². The second-order valence-corrected chi connectivity index (χ2v) is 7.22. The van der Waals surface area contributed by atoms with Crippen LogP contribution in [0.4, 0.5) is 4.39 Å². The summed E-state index contributed by atoms with van der Waals surface area (Å²) in [6, 6.07) is 5.57. The summed E-state index contributed by atoms with van der Waals surface area (Å²) in [6.45, 7) is 1.62. The van der Waals surface area contributed by atoms with Crippen LogP contribution in [0.5, 0.6) is 0 Å². The molecule has 24 heavy (non-hydrogen) atoms. The number of aromatic nitrogens is 2. The van der Waals surface area contributed by atoms with Crippen molar-refractivity contribution in [2.75, 3.05) is 6.54 Å². The Kier molecular flexibility index (Phi) is 5.05. The highest BCUT2D eigenvalue weighted by molar-refractivity contribution is 7.89. The van der Waals surface area contributed by atoms with Crippen molar-refractivity contribution >= 4 is 10.0 Å². The quantitative estimate of drug-likeness (QED) is 0.779. The molecule has 0 radical (unpaired) electrons. The van der Waals surface area contributed by atoms with Crippen molar-refractivity contribution in [1.82, 2.24) is 13.4 Å². The Morgan fingerprint density at radius 2 is 1.88 bits per heavy atom. The molecule has 2 rings (SSSR count). The lowest BCUT2D eigenvalue weighted by atomic mass is 10.2. The molecule has 0 saturated carbocycles. The molecule has 7 nitrogen and oxygen atoms in total. The summed E-state index contributed by atoms with van der Waals surface area (Å²) in [6.07, 6.45) is 1.01. The van der Waals surface area contributed by atoms with E-state index in [-0.39, 0.29) is 13.1 Å². The molecule has 0 bridgehead atoms. The van der Waals surface area contributed by atoms with E-state index in [1.54, 1.807) is 13.0 Å². The SMILES string of the molecule is CCN(Cc1cccc(F)c1)S(=O)(=O)c1cn(C)c(=O)n(C)c1=O. The third-order valence-corrected chi connectivity index (χ3v) is 5.54. The van der Waals surface area contributed by atoms with Crippen molar-refractivity contribution in [3.8, 4) is 0 Å². The van der Waals surface area contributed by atoms with Crippen LogP contribution >= 0.6 is 0 Å². The zero-order valence-electron chi connectivity index (χ0n) is 13.6. The number of benzene rings is 1. The fraction of sp³-hybridized carbons (Fsp3) is 0.333. The molecule has 0 aliphatic rings. The summed E-state index contributed by atoms with van der Waals surface area (Å²) in [5, 5.41) is 0. The topological polar surface area (TPSA) is 81.4 Å². The van der Waals surface area contributed by atoms with Crippen LogP contribution in [0.15, 0.2) is 44.9 Å². The van der Waals surface area contributed by atoms with E-state index in [2.05, 4.69) is 0 Å². The van der Waals surface area contributed by atoms with Gasteiger partial charge in [0.15, 0.2) is 4.90 Å². The molecule has 0 N–H and O–H groups in total. The van der Waals surface area contributed by atoms with Gasteiger partial charge in [-0.1, -0.05) is 19.1 Å². The lowest BCUT2D eigenvalue weighted by molar-refractivity contribution is 0.420. The van der Waals surface area contributed by atoms with E-state index >= 15 is 0 Å². The van der Waals surface area contributed by atoms with E-state index in [1.807, 2.05) is 0 Å². The van der Waals surface area contributed by atoms with E-state index in [0.29, 0.717) is 5.56 Å². The molecule has 1 aromatic carbocycles. The molecule has 2 aromatic rings. The average molecular weight is 355 g/mol. The number of nitrogens with zero attached hydrogens (tertiary/aromatic N) is 3. The number of aryl methyl sites for hydroxylation is 1. The van der Waals surface area contributed by atoms with Crippen molar-refractivity contribution in [2.45, 2.75) is 18.4 Å². The van der Waals surface area contributed by atoms with Crippen molar-refractivity contribution in [3.63, 3.8) is 0 Å². The van der Waals surface area contributed by atoms with E-state index in [0.717, 1.165) is 19.6 Å². The van der Waals surface area contributed by atoms with Crippen molar-refractivity contribution in [1.29, 1.82) is 0 Å². The van der Waals surface area contributed by atoms with Crippen LogP contribution in [0.2, 0.25) is 0 Å². The van der Waals surface area contributed by atoms with Gasteiger partial charge in [-0.05, 0) is 17.7 Å². The fourth-order valence-electron chi connectivity index (χ4n) is 2.30. The largest absolute Gasteiger partial charge is 0.330 e. The number of hydrogen-bond donors (Lipinski definition) is 0. The van der Waals surface area contributed by atoms with Gasteiger partial charge >= 0.3 is 5.69 Å². The van der Waals surface area contributed by atoms with Gasteiger partial charge in [0.25, 0.3) is 5.56 Å². The molecule has 0 amide bonds. The first-order chi connectivity index (χ1) is 11.2. The maximum absolute atomic E-state index is 13.3. The second kappa shape index (κ2) is 6.70. The summed E-state index contributed by atoms with van der Waals surface area (Å²) in [5.41, 5.74) is -1.05. The summed E-state index contributed by atoms with van der Waals surface area (Å²) in [7, 11) is -1.56. The minimum absolute atomic E-state index is 0.0808. The van der Waals surface area contributed by atoms with E-state index in [1.165, 1.54) is 32.3 Å². The van der Waals surface area contributed by atoms with E-state index < -0.39 is 32.0 Å². The minimum atomic E-state index is -4.14. The van der Waals surface area contributed by atoms with Crippen LogP contribution < -0.4 is 11.2 Å². The lowest BCUT2D eigenvalue weighted by Crippen LogP contribution is -2.42. The van der Waals surface area contributed by atoms with Gasteiger partial charge in [0.1, 0.15) is 5.82 Å². The van der Waals surface area contributed by atoms with Gasteiger partial charge in [-0.25, -0.2) is 17.6 Å². The first-order valence-corrected chi connectivity index (χ1v) is 8.63. The minimum Gasteiger partial charge on any atom is -0.302 e. The summed E-state index contributed by atoms with van der Waals surface area (Å²) in [4.78, 5) is 23.4.